The fraction of sp³-hybridized carbons (Fsp3) is 0.231. The van der Waals surface area contributed by atoms with Gasteiger partial charge in [0.25, 0.3) is 0 Å². The number of anilines is 1. The van der Waals surface area contributed by atoms with Gasteiger partial charge in [0.15, 0.2) is 0 Å². The lowest BCUT2D eigenvalue weighted by atomic mass is 10.2. The maximum atomic E-state index is 8.83. The van der Waals surface area contributed by atoms with Gasteiger partial charge in [-0.25, -0.2) is 4.98 Å². The first-order valence-corrected chi connectivity index (χ1v) is 6.27. The van der Waals surface area contributed by atoms with Crippen LogP contribution in [0.4, 0.5) is 5.82 Å². The lowest BCUT2D eigenvalue weighted by Gasteiger charge is -2.17. The summed E-state index contributed by atoms with van der Waals surface area (Å²) in [5.41, 5.74) is 0.651. The topological polar surface area (TPSA) is 39.9 Å². The van der Waals surface area contributed by atoms with Gasteiger partial charge < -0.3 is 4.90 Å². The fourth-order valence-electron chi connectivity index (χ4n) is 1.54. The number of rotatable bonds is 4. The fourth-order valence-corrected chi connectivity index (χ4v) is 2.24. The molecule has 0 fully saturated rings. The van der Waals surface area contributed by atoms with E-state index in [1.807, 2.05) is 13.1 Å². The Morgan fingerprint density at radius 2 is 2.35 bits per heavy atom. The minimum Gasteiger partial charge on any atom is -0.359 e. The van der Waals surface area contributed by atoms with Crippen LogP contribution in [0.5, 0.6) is 0 Å². The van der Waals surface area contributed by atoms with Gasteiger partial charge in [-0.2, -0.15) is 5.26 Å². The average molecular weight is 243 g/mol. The predicted molar refractivity (Wildman–Crippen MR) is 70.2 cm³/mol. The summed E-state index contributed by atoms with van der Waals surface area (Å²) in [6.45, 7) is 0.905. The molecule has 4 heteroatoms. The lowest BCUT2D eigenvalue weighted by molar-refractivity contribution is 0.869. The molecule has 0 amide bonds. The molecule has 0 aliphatic rings. The van der Waals surface area contributed by atoms with Gasteiger partial charge >= 0.3 is 0 Å². The number of hydrogen-bond donors (Lipinski definition) is 0. The highest BCUT2D eigenvalue weighted by atomic mass is 32.1. The van der Waals surface area contributed by atoms with Gasteiger partial charge in [-0.15, -0.1) is 11.3 Å². The quantitative estimate of drug-likeness (QED) is 0.829. The van der Waals surface area contributed by atoms with E-state index in [2.05, 4.69) is 33.5 Å². The van der Waals surface area contributed by atoms with Crippen LogP contribution in [-0.4, -0.2) is 18.6 Å². The first-order chi connectivity index (χ1) is 8.29. The van der Waals surface area contributed by atoms with Gasteiger partial charge in [-0.1, -0.05) is 6.07 Å². The number of aromatic nitrogens is 1. The Kier molecular flexibility index (Phi) is 3.73. The van der Waals surface area contributed by atoms with Crippen LogP contribution in [0, 0.1) is 11.3 Å². The van der Waals surface area contributed by atoms with Crippen LogP contribution in [-0.2, 0) is 6.42 Å². The Balaban J connectivity index is 1.99. The van der Waals surface area contributed by atoms with Crippen LogP contribution in [0.3, 0.4) is 0 Å². The largest absolute Gasteiger partial charge is 0.359 e. The second-order valence-corrected chi connectivity index (χ2v) is 4.80. The maximum absolute atomic E-state index is 8.83. The third-order valence-electron chi connectivity index (χ3n) is 2.54. The molecular weight excluding hydrogens is 230 g/mol. The molecule has 2 aromatic heterocycles. The first kappa shape index (κ1) is 11.6. The summed E-state index contributed by atoms with van der Waals surface area (Å²) >= 11 is 1.77. The number of thiophene rings is 1. The standard InChI is InChI=1S/C13H13N3S/c1-16(7-5-12-3-2-8-17-12)13-9-11(10-14)4-6-15-13/h2-4,6,8-9H,5,7H2,1H3. The highest BCUT2D eigenvalue weighted by Gasteiger charge is 2.04. The third kappa shape index (κ3) is 3.05. The van der Waals surface area contributed by atoms with E-state index >= 15 is 0 Å². The zero-order valence-corrected chi connectivity index (χ0v) is 10.4. The van der Waals surface area contributed by atoms with Crippen LogP contribution < -0.4 is 4.90 Å². The molecule has 0 bridgehead atoms. The van der Waals surface area contributed by atoms with Crippen LogP contribution in [0.15, 0.2) is 35.8 Å². The Morgan fingerprint density at radius 1 is 1.47 bits per heavy atom. The van der Waals surface area contributed by atoms with E-state index < -0.39 is 0 Å². The van der Waals surface area contributed by atoms with Crippen molar-refractivity contribution >= 4 is 17.2 Å². The van der Waals surface area contributed by atoms with E-state index in [0.717, 1.165) is 18.8 Å². The highest BCUT2D eigenvalue weighted by Crippen LogP contribution is 2.13. The van der Waals surface area contributed by atoms with Crippen molar-refractivity contribution < 1.29 is 0 Å². The van der Waals surface area contributed by atoms with Gasteiger partial charge in [0, 0.05) is 24.7 Å². The smallest absolute Gasteiger partial charge is 0.129 e. The zero-order chi connectivity index (χ0) is 12.1. The number of hydrogen-bond acceptors (Lipinski definition) is 4. The summed E-state index contributed by atoms with van der Waals surface area (Å²) in [6.07, 6.45) is 2.68. The maximum Gasteiger partial charge on any atom is 0.129 e. The molecule has 0 saturated carbocycles. The summed E-state index contributed by atoms with van der Waals surface area (Å²) in [5.74, 6) is 0.848. The van der Waals surface area contributed by atoms with Crippen molar-refractivity contribution in [3.8, 4) is 6.07 Å². The monoisotopic (exact) mass is 243 g/mol. The van der Waals surface area contributed by atoms with Gasteiger partial charge in [-0.05, 0) is 30.0 Å². The lowest BCUT2D eigenvalue weighted by Crippen LogP contribution is -2.21. The summed E-state index contributed by atoms with van der Waals surface area (Å²) in [5, 5.41) is 10.9. The van der Waals surface area contributed by atoms with E-state index in [9.17, 15) is 0 Å². The molecule has 2 aromatic rings. The minimum atomic E-state index is 0.651. The molecule has 3 nitrogen and oxygen atoms in total. The van der Waals surface area contributed by atoms with Gasteiger partial charge in [0.05, 0.1) is 11.6 Å². The van der Waals surface area contributed by atoms with Gasteiger partial charge in [0.2, 0.25) is 0 Å². The van der Waals surface area contributed by atoms with Crippen molar-refractivity contribution in [3.63, 3.8) is 0 Å². The molecule has 0 aromatic carbocycles. The van der Waals surface area contributed by atoms with Crippen molar-refractivity contribution in [1.29, 1.82) is 5.26 Å². The Labute approximate surface area is 105 Å². The molecule has 0 aliphatic carbocycles. The molecule has 0 radical (unpaired) electrons. The minimum absolute atomic E-state index is 0.651. The van der Waals surface area contributed by atoms with Crippen LogP contribution >= 0.6 is 11.3 Å². The number of likely N-dealkylation sites (N-methyl/N-ethyl adjacent to an activating group) is 1. The molecule has 2 rings (SSSR count). The average Bonchev–Trinajstić information content (AvgIpc) is 2.89. The Hall–Kier alpha value is -1.86. The summed E-state index contributed by atoms with van der Waals surface area (Å²) in [4.78, 5) is 7.70. The zero-order valence-electron chi connectivity index (χ0n) is 9.63. The molecule has 86 valence electrons. The normalized spacial score (nSPS) is 9.88. The van der Waals surface area contributed by atoms with Crippen molar-refractivity contribution in [1.82, 2.24) is 4.98 Å². The SMILES string of the molecule is CN(CCc1cccs1)c1cc(C#N)ccn1. The summed E-state index contributed by atoms with van der Waals surface area (Å²) in [6, 6.07) is 9.86. The predicted octanol–water partition coefficient (Wildman–Crippen LogP) is 2.69. The van der Waals surface area contributed by atoms with Crippen molar-refractivity contribution in [3.05, 3.63) is 46.3 Å². The molecule has 0 atom stereocenters. The second kappa shape index (κ2) is 5.46. The Morgan fingerprint density at radius 3 is 3.06 bits per heavy atom. The van der Waals surface area contributed by atoms with Gasteiger partial charge in [0.1, 0.15) is 5.82 Å². The third-order valence-corrected chi connectivity index (χ3v) is 3.48. The molecule has 0 spiro atoms. The summed E-state index contributed by atoms with van der Waals surface area (Å²) in [7, 11) is 2.00. The highest BCUT2D eigenvalue weighted by molar-refractivity contribution is 7.09. The van der Waals surface area contributed by atoms with Gasteiger partial charge in [-0.3, -0.25) is 0 Å². The summed E-state index contributed by atoms with van der Waals surface area (Å²) < 4.78 is 0. The molecule has 17 heavy (non-hydrogen) atoms. The molecule has 0 aliphatic heterocycles. The molecular formula is C13H13N3S. The van der Waals surface area contributed by atoms with Crippen LogP contribution in [0.1, 0.15) is 10.4 Å². The van der Waals surface area contributed by atoms with E-state index in [0.29, 0.717) is 5.56 Å². The Bertz CT molecular complexity index is 514. The molecule has 0 saturated heterocycles. The number of nitriles is 1. The number of nitrogens with zero attached hydrogens (tertiary/aromatic N) is 3. The van der Waals surface area contributed by atoms with Crippen LogP contribution in [0.2, 0.25) is 0 Å². The van der Waals surface area contributed by atoms with E-state index in [-0.39, 0.29) is 0 Å². The molecule has 0 unspecified atom stereocenters. The molecule has 0 N–H and O–H groups in total. The molecule has 2 heterocycles. The van der Waals surface area contributed by atoms with Crippen molar-refractivity contribution in [2.75, 3.05) is 18.5 Å². The van der Waals surface area contributed by atoms with E-state index in [1.165, 1.54) is 4.88 Å². The first-order valence-electron chi connectivity index (χ1n) is 5.39. The van der Waals surface area contributed by atoms with Crippen molar-refractivity contribution in [2.45, 2.75) is 6.42 Å². The van der Waals surface area contributed by atoms with E-state index in [4.69, 9.17) is 5.26 Å². The second-order valence-electron chi connectivity index (χ2n) is 3.77. The van der Waals surface area contributed by atoms with E-state index in [1.54, 1.807) is 23.6 Å². The number of pyridine rings is 1. The van der Waals surface area contributed by atoms with Crippen LogP contribution in [0.25, 0.3) is 0 Å². The van der Waals surface area contributed by atoms with Crippen molar-refractivity contribution in [2.24, 2.45) is 0 Å².